The zero-order chi connectivity index (χ0) is 13.3. The van der Waals surface area contributed by atoms with Crippen LogP contribution in [0.2, 0.25) is 0 Å². The Morgan fingerprint density at radius 3 is 2.18 bits per heavy atom. The van der Waals surface area contributed by atoms with E-state index in [1.54, 1.807) is 0 Å². The monoisotopic (exact) mass is 243 g/mol. The maximum absolute atomic E-state index is 11.6. The van der Waals surface area contributed by atoms with Crippen LogP contribution in [0.1, 0.15) is 72.6 Å². The molecule has 0 aliphatic heterocycles. The van der Waals surface area contributed by atoms with Crippen molar-refractivity contribution in [1.82, 2.24) is 5.32 Å². The highest BCUT2D eigenvalue weighted by Crippen LogP contribution is 2.09. The Balaban J connectivity index is 3.58. The maximum atomic E-state index is 11.6. The minimum atomic E-state index is -0.847. The van der Waals surface area contributed by atoms with E-state index in [-0.39, 0.29) is 11.4 Å². The minimum Gasteiger partial charge on any atom is -0.383 e. The van der Waals surface area contributed by atoms with Crippen LogP contribution in [-0.4, -0.2) is 22.7 Å². The fourth-order valence-corrected chi connectivity index (χ4v) is 1.70. The predicted molar refractivity (Wildman–Crippen MR) is 71.9 cm³/mol. The highest BCUT2D eigenvalue weighted by molar-refractivity contribution is 5.81. The van der Waals surface area contributed by atoms with Crippen molar-refractivity contribution in [2.75, 3.05) is 0 Å². The Labute approximate surface area is 106 Å². The highest BCUT2D eigenvalue weighted by atomic mass is 16.3. The molecule has 0 spiro atoms. The van der Waals surface area contributed by atoms with E-state index in [0.29, 0.717) is 6.42 Å². The average Bonchev–Trinajstić information content (AvgIpc) is 2.20. The Kier molecular flexibility index (Phi) is 8.23. The standard InChI is InChI=1S/C14H29NO2/c1-5-6-7-8-9-10-11-12(16)13(17)15-14(2,3)4/h12,16H,5-11H2,1-4H3,(H,15,17). The van der Waals surface area contributed by atoms with Gasteiger partial charge in [-0.1, -0.05) is 45.4 Å². The Morgan fingerprint density at radius 1 is 1.12 bits per heavy atom. The van der Waals surface area contributed by atoms with Gasteiger partial charge in [0.1, 0.15) is 6.10 Å². The van der Waals surface area contributed by atoms with Crippen LogP contribution in [0, 0.1) is 0 Å². The molecule has 0 aromatic heterocycles. The molecule has 0 aromatic rings. The lowest BCUT2D eigenvalue weighted by atomic mass is 10.0. The number of amides is 1. The van der Waals surface area contributed by atoms with E-state index in [9.17, 15) is 9.90 Å². The molecule has 102 valence electrons. The van der Waals surface area contributed by atoms with Crippen molar-refractivity contribution in [3.63, 3.8) is 0 Å². The number of carbonyl (C=O) groups is 1. The van der Waals surface area contributed by atoms with Crippen molar-refractivity contribution in [2.45, 2.75) is 84.3 Å². The van der Waals surface area contributed by atoms with Gasteiger partial charge in [-0.3, -0.25) is 4.79 Å². The quantitative estimate of drug-likeness (QED) is 0.644. The smallest absolute Gasteiger partial charge is 0.249 e. The molecule has 3 nitrogen and oxygen atoms in total. The molecule has 0 aromatic carbocycles. The molecule has 0 saturated carbocycles. The molecule has 0 aliphatic rings. The van der Waals surface area contributed by atoms with E-state index in [0.717, 1.165) is 12.8 Å². The van der Waals surface area contributed by atoms with Crippen LogP contribution in [0.25, 0.3) is 0 Å². The number of nitrogens with one attached hydrogen (secondary N) is 1. The van der Waals surface area contributed by atoms with Crippen molar-refractivity contribution in [2.24, 2.45) is 0 Å². The van der Waals surface area contributed by atoms with Gasteiger partial charge in [-0.05, 0) is 27.2 Å². The molecule has 1 unspecified atom stereocenters. The summed E-state index contributed by atoms with van der Waals surface area (Å²) in [6.45, 7) is 7.95. The van der Waals surface area contributed by atoms with E-state index >= 15 is 0 Å². The van der Waals surface area contributed by atoms with Gasteiger partial charge in [-0.15, -0.1) is 0 Å². The molecule has 0 rings (SSSR count). The van der Waals surface area contributed by atoms with E-state index in [2.05, 4.69) is 12.2 Å². The first kappa shape index (κ1) is 16.4. The SMILES string of the molecule is CCCCCCCCC(O)C(=O)NC(C)(C)C. The van der Waals surface area contributed by atoms with Crippen LogP contribution in [0.5, 0.6) is 0 Å². The molecule has 0 radical (unpaired) electrons. The van der Waals surface area contributed by atoms with Crippen molar-refractivity contribution in [3.05, 3.63) is 0 Å². The van der Waals surface area contributed by atoms with E-state index in [4.69, 9.17) is 0 Å². The molecule has 0 saturated heterocycles. The highest BCUT2D eigenvalue weighted by Gasteiger charge is 2.19. The van der Waals surface area contributed by atoms with Gasteiger partial charge < -0.3 is 10.4 Å². The van der Waals surface area contributed by atoms with Crippen LogP contribution >= 0.6 is 0 Å². The molecule has 2 N–H and O–H groups in total. The first-order valence-electron chi connectivity index (χ1n) is 6.87. The van der Waals surface area contributed by atoms with Crippen LogP contribution < -0.4 is 5.32 Å². The van der Waals surface area contributed by atoms with Crippen molar-refractivity contribution in [1.29, 1.82) is 0 Å². The van der Waals surface area contributed by atoms with Gasteiger partial charge in [0.2, 0.25) is 5.91 Å². The molecule has 0 heterocycles. The summed E-state index contributed by atoms with van der Waals surface area (Å²) < 4.78 is 0. The summed E-state index contributed by atoms with van der Waals surface area (Å²) in [6, 6.07) is 0. The van der Waals surface area contributed by atoms with Gasteiger partial charge in [0.25, 0.3) is 0 Å². The largest absolute Gasteiger partial charge is 0.383 e. The summed E-state index contributed by atoms with van der Waals surface area (Å²) >= 11 is 0. The van der Waals surface area contributed by atoms with Gasteiger partial charge in [0.15, 0.2) is 0 Å². The Bertz CT molecular complexity index is 209. The summed E-state index contributed by atoms with van der Waals surface area (Å²) in [5.74, 6) is -0.244. The van der Waals surface area contributed by atoms with Crippen LogP contribution in [-0.2, 0) is 4.79 Å². The predicted octanol–water partition coefficient (Wildman–Crippen LogP) is 3.01. The Morgan fingerprint density at radius 2 is 1.65 bits per heavy atom. The van der Waals surface area contributed by atoms with Crippen molar-refractivity contribution < 1.29 is 9.90 Å². The van der Waals surface area contributed by atoms with Crippen LogP contribution in [0.3, 0.4) is 0 Å². The second-order valence-corrected chi connectivity index (χ2v) is 5.81. The molecule has 3 heteroatoms. The fraction of sp³-hybridized carbons (Fsp3) is 0.929. The average molecular weight is 243 g/mol. The van der Waals surface area contributed by atoms with Gasteiger partial charge in [0, 0.05) is 5.54 Å². The lowest BCUT2D eigenvalue weighted by Crippen LogP contribution is -2.45. The lowest BCUT2D eigenvalue weighted by Gasteiger charge is -2.22. The third-order valence-electron chi connectivity index (χ3n) is 2.63. The second kappa shape index (κ2) is 8.51. The number of carbonyl (C=O) groups excluding carboxylic acids is 1. The molecular formula is C14H29NO2. The summed E-state index contributed by atoms with van der Waals surface area (Å²) in [4.78, 5) is 11.6. The van der Waals surface area contributed by atoms with E-state index in [1.807, 2.05) is 20.8 Å². The maximum Gasteiger partial charge on any atom is 0.249 e. The van der Waals surface area contributed by atoms with E-state index < -0.39 is 6.10 Å². The summed E-state index contributed by atoms with van der Waals surface area (Å²) in [5.41, 5.74) is -0.265. The van der Waals surface area contributed by atoms with Gasteiger partial charge in [-0.2, -0.15) is 0 Å². The molecule has 17 heavy (non-hydrogen) atoms. The normalized spacial score (nSPS) is 13.5. The van der Waals surface area contributed by atoms with Crippen molar-refractivity contribution >= 4 is 5.91 Å². The first-order chi connectivity index (χ1) is 7.87. The molecule has 0 bridgehead atoms. The number of hydrogen-bond donors (Lipinski definition) is 2. The van der Waals surface area contributed by atoms with Gasteiger partial charge in [-0.25, -0.2) is 0 Å². The molecular weight excluding hydrogens is 214 g/mol. The molecule has 1 atom stereocenters. The third-order valence-corrected chi connectivity index (χ3v) is 2.63. The number of aliphatic hydroxyl groups excluding tert-OH is 1. The molecule has 0 aliphatic carbocycles. The minimum absolute atomic E-state index is 0.244. The lowest BCUT2D eigenvalue weighted by molar-refractivity contribution is -0.131. The van der Waals surface area contributed by atoms with Gasteiger partial charge in [0.05, 0.1) is 0 Å². The Hall–Kier alpha value is -0.570. The van der Waals surface area contributed by atoms with Crippen LogP contribution in [0.4, 0.5) is 0 Å². The fourth-order valence-electron chi connectivity index (χ4n) is 1.70. The summed E-state index contributed by atoms with van der Waals surface area (Å²) in [6.07, 6.45) is 6.78. The summed E-state index contributed by atoms with van der Waals surface area (Å²) in [5, 5.41) is 12.5. The van der Waals surface area contributed by atoms with E-state index in [1.165, 1.54) is 25.7 Å². The topological polar surface area (TPSA) is 49.3 Å². The molecule has 0 fully saturated rings. The zero-order valence-corrected chi connectivity index (χ0v) is 11.9. The first-order valence-corrected chi connectivity index (χ1v) is 6.87. The number of hydrogen-bond acceptors (Lipinski definition) is 2. The zero-order valence-electron chi connectivity index (χ0n) is 11.9. The third kappa shape index (κ3) is 10.3. The number of rotatable bonds is 8. The summed E-state index contributed by atoms with van der Waals surface area (Å²) in [7, 11) is 0. The number of unbranched alkanes of at least 4 members (excludes halogenated alkanes) is 5. The van der Waals surface area contributed by atoms with Crippen molar-refractivity contribution in [3.8, 4) is 0 Å². The number of aliphatic hydroxyl groups is 1. The molecule has 1 amide bonds. The second-order valence-electron chi connectivity index (χ2n) is 5.81. The van der Waals surface area contributed by atoms with Crippen LogP contribution in [0.15, 0.2) is 0 Å². The van der Waals surface area contributed by atoms with Gasteiger partial charge >= 0.3 is 0 Å².